The van der Waals surface area contributed by atoms with E-state index in [2.05, 4.69) is 47.1 Å². The quantitative estimate of drug-likeness (QED) is 0.738. The zero-order chi connectivity index (χ0) is 14.5. The highest BCUT2D eigenvalue weighted by atomic mass is 79.9. The lowest BCUT2D eigenvalue weighted by atomic mass is 10.00. The Kier molecular flexibility index (Phi) is 5.07. The van der Waals surface area contributed by atoms with Crippen molar-refractivity contribution < 1.29 is 9.47 Å². The van der Waals surface area contributed by atoms with Gasteiger partial charge in [-0.3, -0.25) is 0 Å². The van der Waals surface area contributed by atoms with Crippen molar-refractivity contribution in [3.63, 3.8) is 0 Å². The van der Waals surface area contributed by atoms with Crippen LogP contribution in [-0.4, -0.2) is 14.2 Å². The maximum absolute atomic E-state index is 5.24. The van der Waals surface area contributed by atoms with Crippen molar-refractivity contribution in [1.29, 1.82) is 0 Å². The Morgan fingerprint density at radius 3 is 2.10 bits per heavy atom. The first-order valence-electron chi connectivity index (χ1n) is 6.55. The predicted octanol–water partition coefficient (Wildman–Crippen LogP) is 4.69. The van der Waals surface area contributed by atoms with Gasteiger partial charge in [-0.05, 0) is 54.3 Å². The summed E-state index contributed by atoms with van der Waals surface area (Å²) in [6, 6.07) is 14.4. The number of ether oxygens (including phenoxy) is 2. The molecule has 0 spiro atoms. The minimum Gasteiger partial charge on any atom is -0.497 e. The zero-order valence-electron chi connectivity index (χ0n) is 12.0. The largest absolute Gasteiger partial charge is 0.497 e. The molecule has 2 nitrogen and oxygen atoms in total. The Morgan fingerprint density at radius 2 is 1.55 bits per heavy atom. The minimum atomic E-state index is 0.293. The van der Waals surface area contributed by atoms with E-state index in [-0.39, 0.29) is 0 Å². The van der Waals surface area contributed by atoms with E-state index in [0.29, 0.717) is 4.83 Å². The smallest absolute Gasteiger partial charge is 0.119 e. The van der Waals surface area contributed by atoms with Gasteiger partial charge in [-0.25, -0.2) is 0 Å². The van der Waals surface area contributed by atoms with Crippen LogP contribution < -0.4 is 9.47 Å². The lowest BCUT2D eigenvalue weighted by Gasteiger charge is -2.14. The van der Waals surface area contributed by atoms with Gasteiger partial charge in [-0.2, -0.15) is 0 Å². The number of methoxy groups -OCH3 is 2. The lowest BCUT2D eigenvalue weighted by molar-refractivity contribution is 0.414. The number of rotatable bonds is 5. The fourth-order valence-electron chi connectivity index (χ4n) is 2.21. The minimum absolute atomic E-state index is 0.293. The summed E-state index contributed by atoms with van der Waals surface area (Å²) in [4.78, 5) is 0.293. The molecule has 0 N–H and O–H groups in total. The summed E-state index contributed by atoms with van der Waals surface area (Å²) in [6.07, 6.45) is 0.942. The van der Waals surface area contributed by atoms with E-state index in [1.807, 2.05) is 18.2 Å². The lowest BCUT2D eigenvalue weighted by Crippen LogP contribution is -1.98. The Bertz CT molecular complexity index is 564. The van der Waals surface area contributed by atoms with E-state index in [1.54, 1.807) is 14.2 Å². The van der Waals surface area contributed by atoms with Crippen LogP contribution in [0.25, 0.3) is 0 Å². The van der Waals surface area contributed by atoms with Crippen LogP contribution in [0.5, 0.6) is 11.5 Å². The second-order valence-electron chi connectivity index (χ2n) is 4.74. The topological polar surface area (TPSA) is 18.5 Å². The fourth-order valence-corrected chi connectivity index (χ4v) is 3.09. The first-order chi connectivity index (χ1) is 9.63. The molecule has 106 valence electrons. The molecule has 0 aliphatic heterocycles. The van der Waals surface area contributed by atoms with E-state index in [4.69, 9.17) is 9.47 Å². The van der Waals surface area contributed by atoms with Gasteiger partial charge in [0.05, 0.1) is 14.2 Å². The van der Waals surface area contributed by atoms with Crippen LogP contribution in [0.15, 0.2) is 42.5 Å². The number of benzene rings is 2. The molecule has 2 aromatic rings. The zero-order valence-corrected chi connectivity index (χ0v) is 13.6. The molecule has 0 aliphatic rings. The summed E-state index contributed by atoms with van der Waals surface area (Å²) in [6.45, 7) is 2.11. The number of hydrogen-bond acceptors (Lipinski definition) is 2. The van der Waals surface area contributed by atoms with E-state index >= 15 is 0 Å². The van der Waals surface area contributed by atoms with Gasteiger partial charge < -0.3 is 9.47 Å². The van der Waals surface area contributed by atoms with Gasteiger partial charge >= 0.3 is 0 Å². The van der Waals surface area contributed by atoms with Crippen LogP contribution in [0.3, 0.4) is 0 Å². The monoisotopic (exact) mass is 334 g/mol. The molecule has 0 aliphatic carbocycles. The van der Waals surface area contributed by atoms with Crippen LogP contribution in [0.2, 0.25) is 0 Å². The molecule has 0 fully saturated rings. The summed E-state index contributed by atoms with van der Waals surface area (Å²) in [5.41, 5.74) is 3.81. The van der Waals surface area contributed by atoms with Gasteiger partial charge in [-0.15, -0.1) is 0 Å². The van der Waals surface area contributed by atoms with Crippen molar-refractivity contribution in [2.24, 2.45) is 0 Å². The van der Waals surface area contributed by atoms with Crippen molar-refractivity contribution in [1.82, 2.24) is 0 Å². The number of alkyl halides is 1. The number of hydrogen-bond donors (Lipinski definition) is 0. The summed E-state index contributed by atoms with van der Waals surface area (Å²) in [5.74, 6) is 1.79. The van der Waals surface area contributed by atoms with Crippen molar-refractivity contribution >= 4 is 15.9 Å². The second-order valence-corrected chi connectivity index (χ2v) is 5.85. The SMILES string of the molecule is COc1ccc(CC(Br)c2ccc(OC)cc2C)cc1. The maximum Gasteiger partial charge on any atom is 0.119 e. The molecule has 2 aromatic carbocycles. The first-order valence-corrected chi connectivity index (χ1v) is 7.47. The van der Waals surface area contributed by atoms with E-state index in [9.17, 15) is 0 Å². The molecule has 0 bridgehead atoms. The van der Waals surface area contributed by atoms with Crippen LogP contribution in [0, 0.1) is 6.92 Å². The Labute approximate surface area is 128 Å². The Morgan fingerprint density at radius 1 is 0.950 bits per heavy atom. The van der Waals surface area contributed by atoms with Crippen molar-refractivity contribution in [3.8, 4) is 11.5 Å². The predicted molar refractivity (Wildman–Crippen MR) is 86.1 cm³/mol. The summed E-state index contributed by atoms with van der Waals surface area (Å²) in [7, 11) is 3.38. The molecule has 0 saturated carbocycles. The Balaban J connectivity index is 2.12. The van der Waals surface area contributed by atoms with E-state index < -0.39 is 0 Å². The number of halogens is 1. The Hall–Kier alpha value is -1.48. The van der Waals surface area contributed by atoms with E-state index in [1.165, 1.54) is 16.7 Å². The average molecular weight is 335 g/mol. The molecule has 0 amide bonds. The van der Waals surface area contributed by atoms with Gasteiger partial charge in [0.25, 0.3) is 0 Å². The van der Waals surface area contributed by atoms with Gasteiger partial charge in [-0.1, -0.05) is 34.1 Å². The molecule has 1 atom stereocenters. The van der Waals surface area contributed by atoms with Crippen molar-refractivity contribution in [2.45, 2.75) is 18.2 Å². The van der Waals surface area contributed by atoms with Crippen LogP contribution >= 0.6 is 15.9 Å². The molecule has 2 rings (SSSR count). The molecule has 0 aromatic heterocycles. The maximum atomic E-state index is 5.24. The fraction of sp³-hybridized carbons (Fsp3) is 0.294. The molecular weight excluding hydrogens is 316 g/mol. The summed E-state index contributed by atoms with van der Waals surface area (Å²) < 4.78 is 10.4. The standard InChI is InChI=1S/C17H19BrO2/c1-12-10-15(20-3)8-9-16(12)17(18)11-13-4-6-14(19-2)7-5-13/h4-10,17H,11H2,1-3H3. The summed E-state index contributed by atoms with van der Waals surface area (Å²) in [5, 5.41) is 0. The molecular formula is C17H19BrO2. The van der Waals surface area contributed by atoms with Crippen LogP contribution in [0.4, 0.5) is 0 Å². The molecule has 0 heterocycles. The van der Waals surface area contributed by atoms with Gasteiger partial charge in [0.15, 0.2) is 0 Å². The van der Waals surface area contributed by atoms with Gasteiger partial charge in [0.2, 0.25) is 0 Å². The third kappa shape index (κ3) is 3.54. The normalized spacial score (nSPS) is 12.0. The van der Waals surface area contributed by atoms with Crippen LogP contribution in [0.1, 0.15) is 21.5 Å². The highest BCUT2D eigenvalue weighted by molar-refractivity contribution is 9.09. The molecule has 20 heavy (non-hydrogen) atoms. The highest BCUT2D eigenvalue weighted by Gasteiger charge is 2.12. The average Bonchev–Trinajstić information content (AvgIpc) is 2.47. The second kappa shape index (κ2) is 6.80. The highest BCUT2D eigenvalue weighted by Crippen LogP contribution is 2.31. The van der Waals surface area contributed by atoms with Crippen LogP contribution in [-0.2, 0) is 6.42 Å². The van der Waals surface area contributed by atoms with Gasteiger partial charge in [0.1, 0.15) is 11.5 Å². The summed E-state index contributed by atoms with van der Waals surface area (Å²) >= 11 is 3.78. The third-order valence-corrected chi connectivity index (χ3v) is 4.21. The molecule has 1 unspecified atom stereocenters. The van der Waals surface area contributed by atoms with E-state index in [0.717, 1.165) is 17.9 Å². The van der Waals surface area contributed by atoms with Crippen molar-refractivity contribution in [3.05, 3.63) is 59.2 Å². The molecule has 0 radical (unpaired) electrons. The van der Waals surface area contributed by atoms with Gasteiger partial charge in [0, 0.05) is 4.83 Å². The van der Waals surface area contributed by atoms with Crippen molar-refractivity contribution in [2.75, 3.05) is 14.2 Å². The third-order valence-electron chi connectivity index (χ3n) is 3.39. The molecule has 3 heteroatoms. The number of aryl methyl sites for hydroxylation is 1. The molecule has 0 saturated heterocycles. The first kappa shape index (κ1) is 14.9.